The summed E-state index contributed by atoms with van der Waals surface area (Å²) < 4.78 is 0. The molecule has 1 aromatic rings. The van der Waals surface area contributed by atoms with Crippen molar-refractivity contribution in [1.82, 2.24) is 0 Å². The summed E-state index contributed by atoms with van der Waals surface area (Å²) in [5.74, 6) is -1.00. The van der Waals surface area contributed by atoms with Gasteiger partial charge in [0.15, 0.2) is 0 Å². The second-order valence-electron chi connectivity index (χ2n) is 4.04. The molecule has 16 heavy (non-hydrogen) atoms. The van der Waals surface area contributed by atoms with Crippen LogP contribution in [0.3, 0.4) is 0 Å². The lowest BCUT2D eigenvalue weighted by atomic mass is 10.0. The fraction of sp³-hybridized carbons (Fsp3) is 0.364. The molecule has 2 unspecified atom stereocenters. The van der Waals surface area contributed by atoms with Gasteiger partial charge >= 0.3 is 5.97 Å². The molecule has 0 spiro atoms. The van der Waals surface area contributed by atoms with Gasteiger partial charge in [0.25, 0.3) is 0 Å². The summed E-state index contributed by atoms with van der Waals surface area (Å²) in [4.78, 5) is 10.8. The number of benzene rings is 1. The lowest BCUT2D eigenvalue weighted by Gasteiger charge is -2.15. The Morgan fingerprint density at radius 1 is 1.69 bits per heavy atom. The van der Waals surface area contributed by atoms with Crippen LogP contribution in [0.1, 0.15) is 11.1 Å². The SMILES string of the molecule is Cc1ccc(Cl)c2c1NC(C(N)C(=O)O)C2. The van der Waals surface area contributed by atoms with Crippen molar-refractivity contribution in [2.45, 2.75) is 25.4 Å². The van der Waals surface area contributed by atoms with Gasteiger partial charge in [-0.25, -0.2) is 0 Å². The number of nitrogens with two attached hydrogens (primary N) is 1. The number of aliphatic carboxylic acids is 1. The molecule has 1 heterocycles. The molecule has 4 nitrogen and oxygen atoms in total. The normalized spacial score (nSPS) is 20.1. The van der Waals surface area contributed by atoms with Crippen LogP contribution in [0, 0.1) is 6.92 Å². The van der Waals surface area contributed by atoms with Crippen molar-refractivity contribution in [1.29, 1.82) is 0 Å². The monoisotopic (exact) mass is 240 g/mol. The van der Waals surface area contributed by atoms with Crippen molar-refractivity contribution >= 4 is 23.3 Å². The molecule has 1 aliphatic rings. The number of anilines is 1. The fourth-order valence-corrected chi connectivity index (χ4v) is 2.22. The Hall–Kier alpha value is -1.26. The molecule has 0 aromatic heterocycles. The van der Waals surface area contributed by atoms with Gasteiger partial charge in [0.1, 0.15) is 6.04 Å². The van der Waals surface area contributed by atoms with Gasteiger partial charge in [-0.15, -0.1) is 0 Å². The number of halogens is 1. The summed E-state index contributed by atoms with van der Waals surface area (Å²) in [5.41, 5.74) is 8.54. The molecule has 0 bridgehead atoms. The van der Waals surface area contributed by atoms with Crippen LogP contribution < -0.4 is 11.1 Å². The lowest BCUT2D eigenvalue weighted by molar-refractivity contribution is -0.138. The van der Waals surface area contributed by atoms with E-state index in [2.05, 4.69) is 5.32 Å². The van der Waals surface area contributed by atoms with Gasteiger partial charge in [-0.1, -0.05) is 17.7 Å². The average molecular weight is 241 g/mol. The van der Waals surface area contributed by atoms with Crippen LogP contribution >= 0.6 is 11.6 Å². The Kier molecular flexibility index (Phi) is 2.78. The molecule has 1 aliphatic heterocycles. The molecule has 4 N–H and O–H groups in total. The number of fused-ring (bicyclic) bond motifs is 1. The van der Waals surface area contributed by atoms with Crippen LogP contribution in [0.15, 0.2) is 12.1 Å². The average Bonchev–Trinajstić information content (AvgIpc) is 2.68. The fourth-order valence-electron chi connectivity index (χ4n) is 1.99. The van der Waals surface area contributed by atoms with Crippen molar-refractivity contribution < 1.29 is 9.90 Å². The summed E-state index contributed by atoms with van der Waals surface area (Å²) in [6.07, 6.45) is 0.559. The Morgan fingerprint density at radius 3 is 2.94 bits per heavy atom. The number of carboxylic acid groups (broad SMARTS) is 1. The van der Waals surface area contributed by atoms with Crippen molar-refractivity contribution in [3.63, 3.8) is 0 Å². The minimum atomic E-state index is -1.00. The zero-order chi connectivity index (χ0) is 11.9. The zero-order valence-electron chi connectivity index (χ0n) is 8.83. The van der Waals surface area contributed by atoms with Gasteiger partial charge in [-0.05, 0) is 30.5 Å². The summed E-state index contributed by atoms with van der Waals surface area (Å²) in [6.45, 7) is 1.96. The van der Waals surface area contributed by atoms with E-state index in [0.29, 0.717) is 11.4 Å². The molecule has 1 aromatic carbocycles. The molecule has 0 saturated heterocycles. The molecule has 5 heteroatoms. The van der Waals surface area contributed by atoms with Gasteiger partial charge in [-0.2, -0.15) is 0 Å². The van der Waals surface area contributed by atoms with E-state index in [0.717, 1.165) is 16.8 Å². The minimum Gasteiger partial charge on any atom is -0.480 e. The summed E-state index contributed by atoms with van der Waals surface area (Å²) in [5, 5.41) is 12.7. The Labute approximate surface area is 98.4 Å². The summed E-state index contributed by atoms with van der Waals surface area (Å²) >= 11 is 6.06. The van der Waals surface area contributed by atoms with Crippen molar-refractivity contribution in [3.8, 4) is 0 Å². The first kappa shape index (κ1) is 11.2. The quantitative estimate of drug-likeness (QED) is 0.731. The number of hydrogen-bond acceptors (Lipinski definition) is 3. The van der Waals surface area contributed by atoms with Crippen LogP contribution in [0.5, 0.6) is 0 Å². The predicted molar refractivity (Wildman–Crippen MR) is 62.9 cm³/mol. The van der Waals surface area contributed by atoms with Gasteiger partial charge in [-0.3, -0.25) is 4.79 Å². The highest BCUT2D eigenvalue weighted by atomic mass is 35.5. The maximum atomic E-state index is 10.8. The van der Waals surface area contributed by atoms with Crippen molar-refractivity contribution in [2.75, 3.05) is 5.32 Å². The molecule has 2 atom stereocenters. The van der Waals surface area contributed by atoms with E-state index in [1.54, 1.807) is 0 Å². The minimum absolute atomic E-state index is 0.286. The van der Waals surface area contributed by atoms with Gasteiger partial charge in [0, 0.05) is 10.7 Å². The first-order valence-corrected chi connectivity index (χ1v) is 5.41. The second kappa shape index (κ2) is 3.96. The third-order valence-electron chi connectivity index (χ3n) is 2.94. The number of nitrogens with one attached hydrogen (secondary N) is 1. The van der Waals surface area contributed by atoms with E-state index < -0.39 is 12.0 Å². The molecule has 0 saturated carbocycles. The van der Waals surface area contributed by atoms with E-state index in [9.17, 15) is 4.79 Å². The van der Waals surface area contributed by atoms with Crippen LogP contribution in [-0.2, 0) is 11.2 Å². The standard InChI is InChI=1S/C11H13ClN2O2/c1-5-2-3-7(12)6-4-8(14-10(5)6)9(13)11(15)16/h2-3,8-9,14H,4,13H2,1H3,(H,15,16). The smallest absolute Gasteiger partial charge is 0.322 e. The van der Waals surface area contributed by atoms with Crippen molar-refractivity contribution in [2.24, 2.45) is 5.73 Å². The maximum absolute atomic E-state index is 10.8. The molecular formula is C11H13ClN2O2. The third-order valence-corrected chi connectivity index (χ3v) is 3.29. The lowest BCUT2D eigenvalue weighted by Crippen LogP contribution is -2.45. The molecule has 0 radical (unpaired) electrons. The van der Waals surface area contributed by atoms with E-state index >= 15 is 0 Å². The molecule has 0 amide bonds. The molecule has 0 fully saturated rings. The molecule has 2 rings (SSSR count). The van der Waals surface area contributed by atoms with Gasteiger partial charge in [0.2, 0.25) is 0 Å². The van der Waals surface area contributed by atoms with E-state index in [1.807, 2.05) is 19.1 Å². The number of aryl methyl sites for hydroxylation is 1. The van der Waals surface area contributed by atoms with Crippen LogP contribution in [0.2, 0.25) is 5.02 Å². The summed E-state index contributed by atoms with van der Waals surface area (Å²) in [7, 11) is 0. The van der Waals surface area contributed by atoms with Gasteiger partial charge < -0.3 is 16.2 Å². The third kappa shape index (κ3) is 1.74. The highest BCUT2D eigenvalue weighted by Gasteiger charge is 2.32. The number of hydrogen-bond donors (Lipinski definition) is 3. The summed E-state index contributed by atoms with van der Waals surface area (Å²) in [6, 6.07) is 2.53. The maximum Gasteiger partial charge on any atom is 0.322 e. The number of rotatable bonds is 2. The molecule has 86 valence electrons. The van der Waals surface area contributed by atoms with Crippen molar-refractivity contribution in [3.05, 3.63) is 28.3 Å². The predicted octanol–water partition coefficient (Wildman–Crippen LogP) is 1.40. The van der Waals surface area contributed by atoms with E-state index in [4.69, 9.17) is 22.4 Å². The second-order valence-corrected chi connectivity index (χ2v) is 4.44. The zero-order valence-corrected chi connectivity index (χ0v) is 9.58. The van der Waals surface area contributed by atoms with E-state index in [1.165, 1.54) is 0 Å². The number of carboxylic acids is 1. The van der Waals surface area contributed by atoms with Crippen LogP contribution in [0.4, 0.5) is 5.69 Å². The van der Waals surface area contributed by atoms with Crippen LogP contribution in [-0.4, -0.2) is 23.2 Å². The topological polar surface area (TPSA) is 75.3 Å². The Morgan fingerprint density at radius 2 is 2.38 bits per heavy atom. The molecule has 0 aliphatic carbocycles. The number of carbonyl (C=O) groups is 1. The molecular weight excluding hydrogens is 228 g/mol. The highest BCUT2D eigenvalue weighted by Crippen LogP contribution is 2.35. The van der Waals surface area contributed by atoms with Crippen LogP contribution in [0.25, 0.3) is 0 Å². The largest absolute Gasteiger partial charge is 0.480 e. The Bertz CT molecular complexity index is 417. The first-order valence-electron chi connectivity index (χ1n) is 5.03. The van der Waals surface area contributed by atoms with E-state index in [-0.39, 0.29) is 6.04 Å². The first-order chi connectivity index (χ1) is 7.50. The highest BCUT2D eigenvalue weighted by molar-refractivity contribution is 6.32. The van der Waals surface area contributed by atoms with Gasteiger partial charge in [0.05, 0.1) is 6.04 Å². The Balaban J connectivity index is 2.30.